The van der Waals surface area contributed by atoms with Crippen LogP contribution in [0.5, 0.6) is 0 Å². The fourth-order valence-corrected chi connectivity index (χ4v) is 4.49. The summed E-state index contributed by atoms with van der Waals surface area (Å²) in [5.74, 6) is 0.0234. The first kappa shape index (κ1) is 17.1. The number of anilines is 1. The molecule has 0 aliphatic carbocycles. The number of halogens is 1. The molecule has 4 heteroatoms. The van der Waals surface area contributed by atoms with Crippen LogP contribution in [0.1, 0.15) is 33.2 Å². The van der Waals surface area contributed by atoms with Gasteiger partial charge >= 0.3 is 0 Å². The van der Waals surface area contributed by atoms with Crippen LogP contribution in [0.3, 0.4) is 0 Å². The summed E-state index contributed by atoms with van der Waals surface area (Å²) in [6.07, 6.45) is 0. The number of hydrogen-bond donors (Lipinski definition) is 0. The number of aromatic nitrogens is 1. The first-order valence-corrected chi connectivity index (χ1v) is 9.67. The third-order valence-electron chi connectivity index (χ3n) is 5.79. The van der Waals surface area contributed by atoms with Crippen molar-refractivity contribution in [3.8, 4) is 0 Å². The molecule has 0 N–H and O–H groups in total. The number of carbonyl (C=O) groups is 1. The Morgan fingerprint density at radius 2 is 1.57 bits per heavy atom. The van der Waals surface area contributed by atoms with Crippen LogP contribution in [-0.4, -0.2) is 10.5 Å². The molecule has 0 spiro atoms. The van der Waals surface area contributed by atoms with Crippen LogP contribution < -0.4 is 4.90 Å². The van der Waals surface area contributed by atoms with E-state index in [1.165, 1.54) is 16.5 Å². The van der Waals surface area contributed by atoms with Gasteiger partial charge in [0.05, 0.1) is 6.04 Å². The van der Waals surface area contributed by atoms with E-state index in [2.05, 4.69) is 48.9 Å². The van der Waals surface area contributed by atoms with Crippen LogP contribution in [0.2, 0.25) is 5.02 Å². The number of benzene rings is 3. The summed E-state index contributed by atoms with van der Waals surface area (Å²) < 4.78 is 2.20. The van der Waals surface area contributed by atoms with Gasteiger partial charge in [-0.25, -0.2) is 0 Å². The third-order valence-corrected chi connectivity index (χ3v) is 6.04. The Hall–Kier alpha value is -3.04. The van der Waals surface area contributed by atoms with E-state index < -0.39 is 0 Å². The molecule has 0 fully saturated rings. The van der Waals surface area contributed by atoms with Gasteiger partial charge in [-0.05, 0) is 48.9 Å². The Morgan fingerprint density at radius 3 is 2.36 bits per heavy atom. The molecule has 3 nitrogen and oxygen atoms in total. The molecular formula is C24H19ClN2O. The van der Waals surface area contributed by atoms with Gasteiger partial charge < -0.3 is 4.57 Å². The highest BCUT2D eigenvalue weighted by Crippen LogP contribution is 2.45. The molecule has 0 saturated heterocycles. The number of nitrogens with zero attached hydrogens (tertiary/aromatic N) is 2. The standard InChI is InChI=1S/C24H19ClN2O/c1-15-22(20-9-5-6-10-21(20)26(15)2)23-18-7-3-4-8-19(18)24(28)27(23)17-13-11-16(25)12-14-17/h3-14,23H,1-2H3. The lowest BCUT2D eigenvalue weighted by Crippen LogP contribution is -2.28. The molecule has 1 amide bonds. The maximum Gasteiger partial charge on any atom is 0.259 e. The molecule has 1 aromatic heterocycles. The number of para-hydroxylation sites is 1. The highest BCUT2D eigenvalue weighted by atomic mass is 35.5. The van der Waals surface area contributed by atoms with E-state index >= 15 is 0 Å². The highest BCUT2D eigenvalue weighted by Gasteiger charge is 2.40. The number of fused-ring (bicyclic) bond motifs is 2. The SMILES string of the molecule is Cc1c(C2c3ccccc3C(=O)N2c2ccc(Cl)cc2)c2ccccc2n1C. The molecule has 4 aromatic rings. The van der Waals surface area contributed by atoms with Gasteiger partial charge in [-0.3, -0.25) is 9.69 Å². The molecule has 2 heterocycles. The van der Waals surface area contributed by atoms with Gasteiger partial charge in [0.1, 0.15) is 0 Å². The molecule has 5 rings (SSSR count). The summed E-state index contributed by atoms with van der Waals surface area (Å²) in [7, 11) is 2.08. The van der Waals surface area contributed by atoms with Crippen molar-refractivity contribution in [2.45, 2.75) is 13.0 Å². The first-order chi connectivity index (χ1) is 13.6. The Bertz CT molecular complexity index is 1220. The van der Waals surface area contributed by atoms with Gasteiger partial charge in [0.2, 0.25) is 0 Å². The maximum absolute atomic E-state index is 13.4. The molecule has 28 heavy (non-hydrogen) atoms. The van der Waals surface area contributed by atoms with Crippen LogP contribution >= 0.6 is 11.6 Å². The minimum absolute atomic E-state index is 0.0234. The van der Waals surface area contributed by atoms with E-state index in [-0.39, 0.29) is 11.9 Å². The average Bonchev–Trinajstić information content (AvgIpc) is 3.14. The van der Waals surface area contributed by atoms with E-state index in [0.29, 0.717) is 5.02 Å². The average molecular weight is 387 g/mol. The van der Waals surface area contributed by atoms with E-state index in [0.717, 1.165) is 22.5 Å². The number of amides is 1. The first-order valence-electron chi connectivity index (χ1n) is 9.30. The van der Waals surface area contributed by atoms with Gasteiger partial charge in [-0.1, -0.05) is 48.0 Å². The molecule has 3 aromatic carbocycles. The van der Waals surface area contributed by atoms with Crippen molar-refractivity contribution in [3.63, 3.8) is 0 Å². The number of aryl methyl sites for hydroxylation is 1. The Kier molecular flexibility index (Phi) is 3.81. The highest BCUT2D eigenvalue weighted by molar-refractivity contribution is 6.30. The minimum Gasteiger partial charge on any atom is -0.348 e. The molecule has 1 aliphatic heterocycles. The van der Waals surface area contributed by atoms with Crippen LogP contribution in [0, 0.1) is 6.92 Å². The summed E-state index contributed by atoms with van der Waals surface area (Å²) in [6, 6.07) is 23.6. The lowest BCUT2D eigenvalue weighted by molar-refractivity contribution is 0.0993. The van der Waals surface area contributed by atoms with E-state index in [4.69, 9.17) is 11.6 Å². The summed E-state index contributed by atoms with van der Waals surface area (Å²) in [6.45, 7) is 2.13. The van der Waals surface area contributed by atoms with Crippen molar-refractivity contribution in [2.24, 2.45) is 7.05 Å². The number of hydrogen-bond acceptors (Lipinski definition) is 1. The number of carbonyl (C=O) groups excluding carboxylic acids is 1. The lowest BCUT2D eigenvalue weighted by Gasteiger charge is -2.26. The lowest BCUT2D eigenvalue weighted by atomic mass is 9.95. The van der Waals surface area contributed by atoms with Crippen molar-refractivity contribution < 1.29 is 4.79 Å². The van der Waals surface area contributed by atoms with E-state index in [1.807, 2.05) is 47.4 Å². The van der Waals surface area contributed by atoms with Crippen molar-refractivity contribution in [2.75, 3.05) is 4.90 Å². The maximum atomic E-state index is 13.4. The van der Waals surface area contributed by atoms with Crippen molar-refractivity contribution in [1.82, 2.24) is 4.57 Å². The molecule has 0 radical (unpaired) electrons. The van der Waals surface area contributed by atoms with E-state index in [9.17, 15) is 4.79 Å². The summed E-state index contributed by atoms with van der Waals surface area (Å²) >= 11 is 6.10. The Balaban J connectivity index is 1.81. The summed E-state index contributed by atoms with van der Waals surface area (Å²) in [4.78, 5) is 15.3. The van der Waals surface area contributed by atoms with E-state index in [1.54, 1.807) is 0 Å². The molecular weight excluding hydrogens is 368 g/mol. The molecule has 0 saturated carbocycles. The van der Waals surface area contributed by atoms with Crippen molar-refractivity contribution in [3.05, 3.63) is 100 Å². The van der Waals surface area contributed by atoms with Gasteiger partial charge in [-0.2, -0.15) is 0 Å². The molecule has 0 bridgehead atoms. The zero-order chi connectivity index (χ0) is 19.4. The second kappa shape index (κ2) is 6.25. The zero-order valence-electron chi connectivity index (χ0n) is 15.7. The summed E-state index contributed by atoms with van der Waals surface area (Å²) in [5.41, 5.74) is 6.16. The molecule has 1 atom stereocenters. The molecule has 1 unspecified atom stereocenters. The third kappa shape index (κ3) is 2.33. The fourth-order valence-electron chi connectivity index (χ4n) is 4.36. The minimum atomic E-state index is -0.170. The van der Waals surface area contributed by atoms with Crippen LogP contribution in [0.15, 0.2) is 72.8 Å². The van der Waals surface area contributed by atoms with Crippen molar-refractivity contribution >= 4 is 34.1 Å². The predicted molar refractivity (Wildman–Crippen MR) is 114 cm³/mol. The topological polar surface area (TPSA) is 25.2 Å². The summed E-state index contributed by atoms with van der Waals surface area (Å²) in [5, 5.41) is 1.83. The fraction of sp³-hybridized carbons (Fsp3) is 0.125. The quantitative estimate of drug-likeness (QED) is 0.421. The van der Waals surface area contributed by atoms with Crippen LogP contribution in [0.4, 0.5) is 5.69 Å². The predicted octanol–water partition coefficient (Wildman–Crippen LogP) is 5.89. The van der Waals surface area contributed by atoms with Gasteiger partial charge in [0, 0.05) is 45.5 Å². The zero-order valence-corrected chi connectivity index (χ0v) is 16.4. The van der Waals surface area contributed by atoms with Crippen LogP contribution in [0.25, 0.3) is 10.9 Å². The van der Waals surface area contributed by atoms with Gasteiger partial charge in [0.15, 0.2) is 0 Å². The smallest absolute Gasteiger partial charge is 0.259 e. The Labute approximate surface area is 168 Å². The molecule has 138 valence electrons. The second-order valence-electron chi connectivity index (χ2n) is 7.22. The normalized spacial score (nSPS) is 16.0. The second-order valence-corrected chi connectivity index (χ2v) is 7.65. The monoisotopic (exact) mass is 386 g/mol. The molecule has 1 aliphatic rings. The van der Waals surface area contributed by atoms with Gasteiger partial charge in [-0.15, -0.1) is 0 Å². The van der Waals surface area contributed by atoms with Gasteiger partial charge in [0.25, 0.3) is 5.91 Å². The van der Waals surface area contributed by atoms with Crippen LogP contribution in [-0.2, 0) is 7.05 Å². The largest absolute Gasteiger partial charge is 0.348 e. The van der Waals surface area contributed by atoms with Crippen molar-refractivity contribution in [1.29, 1.82) is 0 Å². The Morgan fingerprint density at radius 1 is 0.893 bits per heavy atom. The number of rotatable bonds is 2.